The van der Waals surface area contributed by atoms with E-state index in [-0.39, 0.29) is 17.9 Å². The maximum Gasteiger partial charge on any atom is 0.265 e. The van der Waals surface area contributed by atoms with E-state index in [1.807, 2.05) is 11.4 Å². The minimum atomic E-state index is -0.233. The van der Waals surface area contributed by atoms with Gasteiger partial charge in [-0.25, -0.2) is 0 Å². The van der Waals surface area contributed by atoms with Crippen LogP contribution >= 0.6 is 22.9 Å². The third-order valence-electron chi connectivity index (χ3n) is 4.90. The lowest BCUT2D eigenvalue weighted by Gasteiger charge is -2.31. The Hall–Kier alpha value is -2.15. The van der Waals surface area contributed by atoms with E-state index in [4.69, 9.17) is 11.6 Å². The number of rotatable bonds is 6. The van der Waals surface area contributed by atoms with Crippen molar-refractivity contribution in [1.29, 1.82) is 0 Å². The van der Waals surface area contributed by atoms with Crippen LogP contribution in [0.2, 0.25) is 5.02 Å². The van der Waals surface area contributed by atoms with Gasteiger partial charge in [0.15, 0.2) is 0 Å². The first kappa shape index (κ1) is 21.6. The molecule has 2 N–H and O–H groups in total. The van der Waals surface area contributed by atoms with Gasteiger partial charge in [-0.2, -0.15) is 0 Å². The summed E-state index contributed by atoms with van der Waals surface area (Å²) >= 11 is 7.57. The van der Waals surface area contributed by atoms with Crippen LogP contribution in [0.4, 0.5) is 5.69 Å². The number of nitrogens with one attached hydrogen (secondary N) is 2. The molecule has 0 bridgehead atoms. The summed E-state index contributed by atoms with van der Waals surface area (Å²) in [7, 11) is 0. The van der Waals surface area contributed by atoms with Gasteiger partial charge in [0, 0.05) is 31.2 Å². The average molecular weight is 432 g/mol. The second-order valence-corrected chi connectivity index (χ2v) is 8.81. The first-order chi connectivity index (χ1) is 13.9. The second kappa shape index (κ2) is 10.1. The monoisotopic (exact) mass is 431 g/mol. The number of halogens is 1. The average Bonchev–Trinajstić information content (AvgIpc) is 3.24. The Bertz CT molecular complexity index is 883. The highest BCUT2D eigenvalue weighted by Crippen LogP contribution is 2.24. The third kappa shape index (κ3) is 6.16. The Kier molecular flexibility index (Phi) is 7.47. The lowest BCUT2D eigenvalue weighted by molar-refractivity contribution is 0.0913. The van der Waals surface area contributed by atoms with Gasteiger partial charge in [0.05, 0.1) is 15.6 Å². The van der Waals surface area contributed by atoms with E-state index in [1.54, 1.807) is 24.3 Å². The summed E-state index contributed by atoms with van der Waals surface area (Å²) in [5.74, 6) is -0.376. The van der Waals surface area contributed by atoms with Crippen LogP contribution in [0.15, 0.2) is 47.4 Å². The number of piperidine rings is 1. The first-order valence-electron chi connectivity index (χ1n) is 9.73. The van der Waals surface area contributed by atoms with Crippen LogP contribution < -0.4 is 10.6 Å². The molecule has 7 heteroatoms. The molecule has 2 aromatic rings. The molecule has 0 saturated carbocycles. The molecule has 1 aromatic carbocycles. The number of amides is 2. The Morgan fingerprint density at radius 1 is 1.21 bits per heavy atom. The predicted molar refractivity (Wildman–Crippen MR) is 120 cm³/mol. The van der Waals surface area contributed by atoms with E-state index in [0.29, 0.717) is 21.2 Å². The highest BCUT2D eigenvalue weighted by molar-refractivity contribution is 7.12. The molecular formula is C22H26ClN3O2S. The molecule has 1 saturated heterocycles. The van der Waals surface area contributed by atoms with Crippen LogP contribution in [0.5, 0.6) is 0 Å². The maximum atomic E-state index is 12.7. The van der Waals surface area contributed by atoms with Gasteiger partial charge in [-0.3, -0.25) is 14.5 Å². The van der Waals surface area contributed by atoms with Crippen molar-refractivity contribution < 1.29 is 9.59 Å². The van der Waals surface area contributed by atoms with Crippen LogP contribution in [0.25, 0.3) is 0 Å². The number of carbonyl (C=O) groups is 2. The van der Waals surface area contributed by atoms with Crippen LogP contribution in [0, 0.1) is 0 Å². The SMILES string of the molecule is CC(C)=CCN1CCC(NC(=O)c2ccc(Cl)c(NC(=O)c3cccs3)c2)CC1. The van der Waals surface area contributed by atoms with Crippen LogP contribution in [0.1, 0.15) is 46.7 Å². The number of likely N-dealkylation sites (tertiary alicyclic amines) is 1. The number of nitrogens with zero attached hydrogens (tertiary/aromatic N) is 1. The van der Waals surface area contributed by atoms with Gasteiger partial charge in [0.25, 0.3) is 11.8 Å². The maximum absolute atomic E-state index is 12.7. The fourth-order valence-electron chi connectivity index (χ4n) is 3.19. The van der Waals surface area contributed by atoms with E-state index < -0.39 is 0 Å². The highest BCUT2D eigenvalue weighted by Gasteiger charge is 2.21. The number of hydrogen-bond donors (Lipinski definition) is 2. The summed E-state index contributed by atoms with van der Waals surface area (Å²) in [6.45, 7) is 7.12. The minimum absolute atomic E-state index is 0.143. The zero-order chi connectivity index (χ0) is 20.8. The minimum Gasteiger partial charge on any atom is -0.349 e. The molecule has 3 rings (SSSR count). The van der Waals surface area contributed by atoms with Gasteiger partial charge in [-0.1, -0.05) is 29.3 Å². The van der Waals surface area contributed by atoms with Crippen LogP contribution in [-0.2, 0) is 0 Å². The van der Waals surface area contributed by atoms with Crippen LogP contribution in [0.3, 0.4) is 0 Å². The summed E-state index contributed by atoms with van der Waals surface area (Å²) in [6, 6.07) is 8.67. The summed E-state index contributed by atoms with van der Waals surface area (Å²) in [6.07, 6.45) is 4.09. The Morgan fingerprint density at radius 2 is 1.97 bits per heavy atom. The molecule has 29 heavy (non-hydrogen) atoms. The molecular weight excluding hydrogens is 406 g/mol. The molecule has 0 atom stereocenters. The van der Waals surface area contributed by atoms with Crippen molar-refractivity contribution in [3.8, 4) is 0 Å². The molecule has 1 aromatic heterocycles. The Morgan fingerprint density at radius 3 is 2.62 bits per heavy atom. The molecule has 1 aliphatic rings. The number of anilines is 1. The van der Waals surface area contributed by atoms with Gasteiger partial charge in [-0.05, 0) is 56.3 Å². The zero-order valence-corrected chi connectivity index (χ0v) is 18.3. The van der Waals surface area contributed by atoms with E-state index in [9.17, 15) is 9.59 Å². The molecule has 2 amide bonds. The summed E-state index contributed by atoms with van der Waals surface area (Å²) in [5.41, 5.74) is 2.25. The van der Waals surface area contributed by atoms with E-state index >= 15 is 0 Å². The molecule has 0 aliphatic carbocycles. The van der Waals surface area contributed by atoms with E-state index in [1.165, 1.54) is 16.9 Å². The first-order valence-corrected chi connectivity index (χ1v) is 11.0. The molecule has 1 fully saturated rings. The van der Waals surface area contributed by atoms with Crippen LogP contribution in [-0.4, -0.2) is 42.4 Å². The van der Waals surface area contributed by atoms with Crippen molar-refractivity contribution in [1.82, 2.24) is 10.2 Å². The molecule has 5 nitrogen and oxygen atoms in total. The summed E-state index contributed by atoms with van der Waals surface area (Å²) in [4.78, 5) is 28.0. The highest BCUT2D eigenvalue weighted by atomic mass is 35.5. The topological polar surface area (TPSA) is 61.4 Å². The number of carbonyl (C=O) groups excluding carboxylic acids is 2. The fraction of sp³-hybridized carbons (Fsp3) is 0.364. The Labute approximate surface area is 180 Å². The quantitative estimate of drug-likeness (QED) is 0.645. The zero-order valence-electron chi connectivity index (χ0n) is 16.7. The van der Waals surface area contributed by atoms with Crippen molar-refractivity contribution in [2.24, 2.45) is 0 Å². The molecule has 0 radical (unpaired) electrons. The lowest BCUT2D eigenvalue weighted by atomic mass is 10.0. The second-order valence-electron chi connectivity index (χ2n) is 7.46. The number of allylic oxidation sites excluding steroid dienone is 1. The van der Waals surface area contributed by atoms with Crippen molar-refractivity contribution >= 4 is 40.4 Å². The van der Waals surface area contributed by atoms with Crippen molar-refractivity contribution in [3.05, 3.63) is 62.8 Å². The summed E-state index contributed by atoms with van der Waals surface area (Å²) in [5, 5.41) is 8.14. The Balaban J connectivity index is 1.57. The standard InChI is InChI=1S/C22H26ClN3O2S/c1-15(2)7-10-26-11-8-17(9-12-26)24-21(27)16-5-6-18(23)19(14-16)25-22(28)20-4-3-13-29-20/h3-7,13-14,17H,8-12H2,1-2H3,(H,24,27)(H,25,28). The number of hydrogen-bond acceptors (Lipinski definition) is 4. The largest absolute Gasteiger partial charge is 0.349 e. The fourth-order valence-corrected chi connectivity index (χ4v) is 3.98. The summed E-state index contributed by atoms with van der Waals surface area (Å²) < 4.78 is 0. The number of thiophene rings is 1. The van der Waals surface area contributed by atoms with Gasteiger partial charge in [-0.15, -0.1) is 11.3 Å². The van der Waals surface area contributed by atoms with Gasteiger partial charge >= 0.3 is 0 Å². The van der Waals surface area contributed by atoms with Crippen molar-refractivity contribution in [2.45, 2.75) is 32.7 Å². The lowest BCUT2D eigenvalue weighted by Crippen LogP contribution is -2.44. The smallest absolute Gasteiger partial charge is 0.265 e. The molecule has 1 aliphatic heterocycles. The molecule has 2 heterocycles. The number of benzene rings is 1. The van der Waals surface area contributed by atoms with E-state index in [2.05, 4.69) is 35.5 Å². The van der Waals surface area contributed by atoms with Gasteiger partial charge in [0.2, 0.25) is 0 Å². The van der Waals surface area contributed by atoms with Crippen molar-refractivity contribution in [3.63, 3.8) is 0 Å². The third-order valence-corrected chi connectivity index (χ3v) is 6.10. The van der Waals surface area contributed by atoms with Gasteiger partial charge in [0.1, 0.15) is 0 Å². The van der Waals surface area contributed by atoms with Crippen molar-refractivity contribution in [2.75, 3.05) is 25.0 Å². The molecule has 0 spiro atoms. The van der Waals surface area contributed by atoms with E-state index in [0.717, 1.165) is 32.5 Å². The molecule has 0 unspecified atom stereocenters. The molecule has 154 valence electrons. The normalized spacial score (nSPS) is 15.0. The predicted octanol–water partition coefficient (Wildman–Crippen LogP) is 4.81. The van der Waals surface area contributed by atoms with Gasteiger partial charge < -0.3 is 10.6 Å².